The third-order valence-electron chi connectivity index (χ3n) is 6.71. The van der Waals surface area contributed by atoms with Crippen LogP contribution in [0.2, 0.25) is 5.02 Å². The summed E-state index contributed by atoms with van der Waals surface area (Å²) in [6.07, 6.45) is 1.33. The first-order valence-electron chi connectivity index (χ1n) is 12.6. The molecule has 8 nitrogen and oxygen atoms in total. The second kappa shape index (κ2) is 10.5. The molecule has 42 heavy (non-hydrogen) atoms. The minimum atomic E-state index is -4.56. The first kappa shape index (κ1) is 27.3. The zero-order valence-corrected chi connectivity index (χ0v) is 22.0. The molecule has 0 radical (unpaired) electrons. The number of nitriles is 1. The SMILES string of the molecule is N#Cc1cnc2c(Cl)cc(NC(c3cccc(C(F)(F)F)c3)c3cn(C4CC4)nn3)cc2c1Nc1cnc(F)c(F)c1. The first-order valence-corrected chi connectivity index (χ1v) is 12.9. The molecule has 0 aliphatic heterocycles. The fourth-order valence-electron chi connectivity index (χ4n) is 4.53. The number of halogens is 6. The van der Waals surface area contributed by atoms with E-state index in [0.717, 1.165) is 37.2 Å². The van der Waals surface area contributed by atoms with Gasteiger partial charge in [0.15, 0.2) is 5.82 Å². The molecule has 2 aromatic carbocycles. The van der Waals surface area contributed by atoms with Crippen LogP contribution in [0.3, 0.4) is 0 Å². The van der Waals surface area contributed by atoms with Crippen molar-refractivity contribution in [2.75, 3.05) is 10.6 Å². The molecule has 0 saturated heterocycles. The number of alkyl halides is 3. The molecule has 5 aromatic rings. The second-order valence-electron chi connectivity index (χ2n) is 9.69. The van der Waals surface area contributed by atoms with Gasteiger partial charge in [0, 0.05) is 23.3 Å². The van der Waals surface area contributed by atoms with Crippen LogP contribution in [-0.2, 0) is 6.18 Å². The Morgan fingerprint density at radius 3 is 2.57 bits per heavy atom. The molecule has 0 amide bonds. The van der Waals surface area contributed by atoms with Crippen LogP contribution in [-0.4, -0.2) is 25.0 Å². The van der Waals surface area contributed by atoms with Crippen LogP contribution < -0.4 is 10.6 Å². The minimum Gasteiger partial charge on any atom is -0.373 e. The van der Waals surface area contributed by atoms with Crippen LogP contribution >= 0.6 is 11.6 Å². The van der Waals surface area contributed by atoms with E-state index in [0.29, 0.717) is 16.8 Å². The Morgan fingerprint density at radius 1 is 1.05 bits per heavy atom. The van der Waals surface area contributed by atoms with Crippen LogP contribution in [0.4, 0.5) is 39.0 Å². The van der Waals surface area contributed by atoms with Crippen molar-refractivity contribution in [1.29, 1.82) is 5.26 Å². The van der Waals surface area contributed by atoms with Gasteiger partial charge in [-0.25, -0.2) is 14.1 Å². The largest absolute Gasteiger partial charge is 0.416 e. The predicted molar refractivity (Wildman–Crippen MR) is 144 cm³/mol. The number of anilines is 3. The van der Waals surface area contributed by atoms with Crippen molar-refractivity contribution in [2.24, 2.45) is 0 Å². The third kappa shape index (κ3) is 5.40. The molecular weight excluding hydrogens is 579 g/mol. The van der Waals surface area contributed by atoms with Gasteiger partial charge in [-0.15, -0.1) is 5.10 Å². The molecule has 1 fully saturated rings. The summed E-state index contributed by atoms with van der Waals surface area (Å²) < 4.78 is 69.7. The van der Waals surface area contributed by atoms with Crippen LogP contribution in [0.15, 0.2) is 61.1 Å². The number of hydrogen-bond acceptors (Lipinski definition) is 7. The lowest BCUT2D eigenvalue weighted by atomic mass is 10.0. The van der Waals surface area contributed by atoms with E-state index in [1.54, 1.807) is 23.0 Å². The van der Waals surface area contributed by atoms with E-state index in [-0.39, 0.29) is 39.1 Å². The quantitative estimate of drug-likeness (QED) is 0.150. The lowest BCUT2D eigenvalue weighted by molar-refractivity contribution is -0.137. The highest BCUT2D eigenvalue weighted by Crippen LogP contribution is 2.39. The van der Waals surface area contributed by atoms with E-state index in [4.69, 9.17) is 11.6 Å². The third-order valence-corrected chi connectivity index (χ3v) is 7.00. The van der Waals surface area contributed by atoms with E-state index < -0.39 is 29.5 Å². The molecule has 14 heteroatoms. The van der Waals surface area contributed by atoms with Crippen molar-refractivity contribution >= 4 is 39.6 Å². The van der Waals surface area contributed by atoms with Gasteiger partial charge in [0.1, 0.15) is 11.8 Å². The zero-order valence-electron chi connectivity index (χ0n) is 21.3. The average molecular weight is 597 g/mol. The van der Waals surface area contributed by atoms with E-state index in [1.807, 2.05) is 6.07 Å². The maximum atomic E-state index is 13.9. The van der Waals surface area contributed by atoms with E-state index >= 15 is 0 Å². The Kier molecular flexibility index (Phi) is 6.86. The normalized spacial score (nSPS) is 14.0. The summed E-state index contributed by atoms with van der Waals surface area (Å²) in [6.45, 7) is 0. The van der Waals surface area contributed by atoms with Gasteiger partial charge in [0.2, 0.25) is 5.95 Å². The van der Waals surface area contributed by atoms with Crippen LogP contribution in [0.5, 0.6) is 0 Å². The van der Waals surface area contributed by atoms with Gasteiger partial charge >= 0.3 is 6.18 Å². The Morgan fingerprint density at radius 2 is 1.86 bits per heavy atom. The summed E-state index contributed by atoms with van der Waals surface area (Å²) >= 11 is 6.58. The maximum Gasteiger partial charge on any atom is 0.416 e. The topological polar surface area (TPSA) is 104 Å². The van der Waals surface area contributed by atoms with Crippen molar-refractivity contribution in [2.45, 2.75) is 31.1 Å². The number of pyridine rings is 2. The zero-order chi connectivity index (χ0) is 29.6. The average Bonchev–Trinajstić information content (AvgIpc) is 3.70. The van der Waals surface area contributed by atoms with Crippen molar-refractivity contribution in [3.8, 4) is 6.07 Å². The van der Waals surface area contributed by atoms with Gasteiger partial charge in [-0.1, -0.05) is 28.9 Å². The van der Waals surface area contributed by atoms with Crippen molar-refractivity contribution in [3.05, 3.63) is 100 Å². The number of hydrogen-bond donors (Lipinski definition) is 2. The van der Waals surface area contributed by atoms with Gasteiger partial charge in [0.05, 0.1) is 57.5 Å². The van der Waals surface area contributed by atoms with Crippen LogP contribution in [0.1, 0.15) is 47.3 Å². The van der Waals surface area contributed by atoms with Gasteiger partial charge in [0.25, 0.3) is 0 Å². The Hall–Kier alpha value is -4.83. The second-order valence-corrected chi connectivity index (χ2v) is 10.1. The van der Waals surface area contributed by atoms with Gasteiger partial charge in [-0.05, 0) is 42.7 Å². The molecule has 212 valence electrons. The van der Waals surface area contributed by atoms with E-state index in [2.05, 4.69) is 30.9 Å². The summed E-state index contributed by atoms with van der Waals surface area (Å²) in [5.41, 5.74) is 0.803. The van der Waals surface area contributed by atoms with Crippen LogP contribution in [0.25, 0.3) is 10.9 Å². The summed E-state index contributed by atoms with van der Waals surface area (Å²) in [7, 11) is 0. The highest BCUT2D eigenvalue weighted by Gasteiger charge is 2.32. The number of nitrogens with one attached hydrogen (secondary N) is 2. The van der Waals surface area contributed by atoms with Gasteiger partial charge in [-0.3, -0.25) is 4.98 Å². The summed E-state index contributed by atoms with van der Waals surface area (Å²) in [5, 5.41) is 24.7. The molecule has 6 rings (SSSR count). The molecular formula is C28H18ClF5N8. The molecule has 3 aromatic heterocycles. The Balaban J connectivity index is 1.45. The Labute approximate surface area is 239 Å². The monoisotopic (exact) mass is 596 g/mol. The van der Waals surface area contributed by atoms with E-state index in [1.165, 1.54) is 18.3 Å². The van der Waals surface area contributed by atoms with Crippen molar-refractivity contribution in [3.63, 3.8) is 0 Å². The molecule has 1 aliphatic carbocycles. The molecule has 1 aliphatic rings. The molecule has 0 spiro atoms. The summed E-state index contributed by atoms with van der Waals surface area (Å²) in [5.74, 6) is -2.48. The standard InChI is InChI=1S/C28H18ClF5N8/c29-21-8-17(7-20-24(15(10-35)11-36-26(20)21)39-18-9-22(30)27(31)37-12-18)38-25(23-13-42(41-40-23)19-4-5-19)14-2-1-3-16(6-14)28(32,33)34/h1-3,6-9,11-13,19,25,38H,4-5H2,(H,36,39). The maximum absolute atomic E-state index is 13.9. The summed E-state index contributed by atoms with van der Waals surface area (Å²) in [6, 6.07) is 10.2. The smallest absolute Gasteiger partial charge is 0.373 e. The lowest BCUT2D eigenvalue weighted by Crippen LogP contribution is -2.15. The molecule has 0 bridgehead atoms. The van der Waals surface area contributed by atoms with Gasteiger partial charge in [-0.2, -0.15) is 22.8 Å². The number of fused-ring (bicyclic) bond motifs is 1. The highest BCUT2D eigenvalue weighted by molar-refractivity contribution is 6.36. The number of benzene rings is 2. The fraction of sp³-hybridized carbons (Fsp3) is 0.179. The molecule has 1 saturated carbocycles. The first-order chi connectivity index (χ1) is 20.1. The Bertz CT molecular complexity index is 1860. The molecule has 1 atom stereocenters. The molecule has 1 unspecified atom stereocenters. The fourth-order valence-corrected chi connectivity index (χ4v) is 4.79. The number of nitrogens with zero attached hydrogens (tertiary/aromatic N) is 6. The number of aromatic nitrogens is 5. The van der Waals surface area contributed by atoms with Crippen molar-refractivity contribution < 1.29 is 22.0 Å². The lowest BCUT2D eigenvalue weighted by Gasteiger charge is -2.21. The van der Waals surface area contributed by atoms with Crippen LogP contribution in [0, 0.1) is 23.1 Å². The molecule has 2 N–H and O–H groups in total. The highest BCUT2D eigenvalue weighted by atomic mass is 35.5. The van der Waals surface area contributed by atoms with E-state index in [9.17, 15) is 27.2 Å². The minimum absolute atomic E-state index is 0.0610. The summed E-state index contributed by atoms with van der Waals surface area (Å²) in [4.78, 5) is 7.63. The van der Waals surface area contributed by atoms with Gasteiger partial charge < -0.3 is 10.6 Å². The number of rotatable bonds is 7. The molecule has 3 heterocycles. The predicted octanol–water partition coefficient (Wildman–Crippen LogP) is 7.32. The van der Waals surface area contributed by atoms with Crippen molar-refractivity contribution in [1.82, 2.24) is 25.0 Å².